The predicted octanol–water partition coefficient (Wildman–Crippen LogP) is 1.84. The summed E-state index contributed by atoms with van der Waals surface area (Å²) in [6.45, 7) is 0.492. The Labute approximate surface area is 165 Å². The standard InChI is InChI=1S/C17H20F3N3O5S/c18-17(19,20)11-29(25,26)22-16-5-6-27-9-12(16)10-28-15-3-1-13(2-4-15)23-8-14(24)7-21-23/h1-4,7-8,12,16,22,24H,5-6,9-11H2/t12-,16+/m1/s1. The van der Waals surface area contributed by atoms with Crippen LogP contribution in [0, 0.1) is 5.92 Å². The predicted molar refractivity (Wildman–Crippen MR) is 96.4 cm³/mol. The van der Waals surface area contributed by atoms with Gasteiger partial charge in [-0.05, 0) is 30.7 Å². The molecule has 2 heterocycles. The Hall–Kier alpha value is -2.31. The third-order valence-electron chi connectivity index (χ3n) is 4.29. The fraction of sp³-hybridized carbons (Fsp3) is 0.471. The first-order valence-electron chi connectivity index (χ1n) is 8.73. The van der Waals surface area contributed by atoms with Gasteiger partial charge in [0.05, 0.1) is 31.3 Å². The number of benzene rings is 1. The number of sulfonamides is 1. The maximum absolute atomic E-state index is 12.4. The minimum absolute atomic E-state index is 0.0293. The molecule has 2 N–H and O–H groups in total. The second-order valence-corrected chi connectivity index (χ2v) is 8.42. The van der Waals surface area contributed by atoms with Gasteiger partial charge in [0.25, 0.3) is 0 Å². The third kappa shape index (κ3) is 6.34. The molecule has 1 aromatic carbocycles. The number of aromatic nitrogens is 2. The van der Waals surface area contributed by atoms with Crippen molar-refractivity contribution in [2.24, 2.45) is 5.92 Å². The van der Waals surface area contributed by atoms with E-state index in [0.717, 1.165) is 0 Å². The van der Waals surface area contributed by atoms with Gasteiger partial charge in [0.2, 0.25) is 10.0 Å². The molecule has 0 amide bonds. The maximum atomic E-state index is 12.4. The summed E-state index contributed by atoms with van der Waals surface area (Å²) in [5.41, 5.74) is 0.691. The molecular formula is C17H20F3N3O5S. The van der Waals surface area contributed by atoms with Gasteiger partial charge in [0.15, 0.2) is 11.5 Å². The molecule has 1 aliphatic heterocycles. The molecule has 160 valence electrons. The van der Waals surface area contributed by atoms with E-state index in [0.29, 0.717) is 11.4 Å². The number of halogens is 3. The average molecular weight is 435 g/mol. The molecule has 1 aliphatic rings. The Morgan fingerprint density at radius 2 is 2.03 bits per heavy atom. The number of aromatic hydroxyl groups is 1. The summed E-state index contributed by atoms with van der Waals surface area (Å²) in [5, 5.41) is 13.3. The maximum Gasteiger partial charge on any atom is 0.404 e. The van der Waals surface area contributed by atoms with Crippen molar-refractivity contribution in [1.29, 1.82) is 0 Å². The molecule has 2 atom stereocenters. The van der Waals surface area contributed by atoms with E-state index >= 15 is 0 Å². The molecule has 29 heavy (non-hydrogen) atoms. The molecule has 0 radical (unpaired) electrons. The van der Waals surface area contributed by atoms with Crippen molar-refractivity contribution in [1.82, 2.24) is 14.5 Å². The summed E-state index contributed by atoms with van der Waals surface area (Å²) in [4.78, 5) is 0. The first-order chi connectivity index (χ1) is 13.6. The second-order valence-electron chi connectivity index (χ2n) is 6.67. The minimum atomic E-state index is -4.81. The summed E-state index contributed by atoms with van der Waals surface area (Å²) in [5.74, 6) is -1.83. The average Bonchev–Trinajstić information content (AvgIpc) is 3.05. The normalized spacial score (nSPS) is 20.5. The van der Waals surface area contributed by atoms with Crippen LogP contribution in [0.25, 0.3) is 5.69 Å². The molecule has 2 aromatic rings. The topological polar surface area (TPSA) is 103 Å². The zero-order valence-corrected chi connectivity index (χ0v) is 16.0. The van der Waals surface area contributed by atoms with E-state index in [1.807, 2.05) is 0 Å². The van der Waals surface area contributed by atoms with E-state index in [2.05, 4.69) is 9.82 Å². The molecule has 0 saturated carbocycles. The summed E-state index contributed by atoms with van der Waals surface area (Å²) in [6.07, 6.45) is -1.82. The molecule has 1 fully saturated rings. The van der Waals surface area contributed by atoms with Gasteiger partial charge in [-0.2, -0.15) is 18.3 Å². The van der Waals surface area contributed by atoms with Crippen molar-refractivity contribution in [2.45, 2.75) is 18.6 Å². The van der Waals surface area contributed by atoms with Crippen LogP contribution in [0.3, 0.4) is 0 Å². The highest BCUT2D eigenvalue weighted by atomic mass is 32.2. The van der Waals surface area contributed by atoms with Gasteiger partial charge in [-0.15, -0.1) is 0 Å². The highest BCUT2D eigenvalue weighted by molar-refractivity contribution is 7.89. The molecule has 0 spiro atoms. The fourth-order valence-corrected chi connectivity index (χ4v) is 4.24. The number of rotatable bonds is 7. The van der Waals surface area contributed by atoms with E-state index in [9.17, 15) is 26.7 Å². The summed E-state index contributed by atoms with van der Waals surface area (Å²) in [6, 6.07) is 6.05. The first kappa shape index (κ1) is 21.4. The smallest absolute Gasteiger partial charge is 0.404 e. The lowest BCUT2D eigenvalue weighted by molar-refractivity contribution is -0.106. The van der Waals surface area contributed by atoms with Crippen LogP contribution in [0.5, 0.6) is 11.5 Å². The third-order valence-corrected chi connectivity index (χ3v) is 5.66. The second kappa shape index (κ2) is 8.59. The molecule has 12 heteroatoms. The summed E-state index contributed by atoms with van der Waals surface area (Å²) >= 11 is 0. The van der Waals surface area contributed by atoms with E-state index < -0.39 is 33.9 Å². The van der Waals surface area contributed by atoms with Gasteiger partial charge < -0.3 is 14.6 Å². The number of alkyl halides is 3. The van der Waals surface area contributed by atoms with Crippen LogP contribution < -0.4 is 9.46 Å². The first-order valence-corrected chi connectivity index (χ1v) is 10.4. The van der Waals surface area contributed by atoms with Gasteiger partial charge >= 0.3 is 6.18 Å². The van der Waals surface area contributed by atoms with Crippen molar-refractivity contribution in [3.05, 3.63) is 36.7 Å². The summed E-state index contributed by atoms with van der Waals surface area (Å²) < 4.78 is 75.5. The van der Waals surface area contributed by atoms with Crippen molar-refractivity contribution in [3.8, 4) is 17.2 Å². The molecule has 0 unspecified atom stereocenters. The van der Waals surface area contributed by atoms with Crippen molar-refractivity contribution >= 4 is 10.0 Å². The molecule has 1 saturated heterocycles. The molecule has 8 nitrogen and oxygen atoms in total. The van der Waals surface area contributed by atoms with Crippen LogP contribution >= 0.6 is 0 Å². The number of ether oxygens (including phenoxy) is 2. The van der Waals surface area contributed by atoms with E-state index in [1.165, 1.54) is 17.1 Å². The Morgan fingerprint density at radius 1 is 1.31 bits per heavy atom. The Bertz CT molecular complexity index is 915. The zero-order chi connectivity index (χ0) is 21.1. The van der Waals surface area contributed by atoms with Crippen molar-refractivity contribution < 1.29 is 36.2 Å². The molecule has 0 bridgehead atoms. The Morgan fingerprint density at radius 3 is 2.66 bits per heavy atom. The van der Waals surface area contributed by atoms with Crippen molar-refractivity contribution in [2.75, 3.05) is 25.6 Å². The lowest BCUT2D eigenvalue weighted by Crippen LogP contribution is -2.49. The lowest BCUT2D eigenvalue weighted by atomic mass is 9.98. The van der Waals surface area contributed by atoms with Gasteiger partial charge in [0.1, 0.15) is 5.75 Å². The minimum Gasteiger partial charge on any atom is -0.505 e. The van der Waals surface area contributed by atoms with Crippen LogP contribution in [0.15, 0.2) is 36.7 Å². The van der Waals surface area contributed by atoms with Crippen LogP contribution in [0.4, 0.5) is 13.2 Å². The van der Waals surface area contributed by atoms with Crippen LogP contribution in [-0.4, -0.2) is 61.1 Å². The van der Waals surface area contributed by atoms with E-state index in [-0.39, 0.29) is 32.0 Å². The van der Waals surface area contributed by atoms with Gasteiger partial charge in [-0.25, -0.2) is 17.8 Å². The molecule has 0 aliphatic carbocycles. The lowest BCUT2D eigenvalue weighted by Gasteiger charge is -2.31. The van der Waals surface area contributed by atoms with Crippen molar-refractivity contribution in [3.63, 3.8) is 0 Å². The molecule has 1 aromatic heterocycles. The number of hydrogen-bond donors (Lipinski definition) is 2. The van der Waals surface area contributed by atoms with Crippen LogP contribution in [-0.2, 0) is 14.8 Å². The SMILES string of the molecule is O=S(=O)(CC(F)(F)F)N[C@H]1CCOC[C@@H]1COc1ccc(-n2cc(O)cn2)cc1. The van der Waals surface area contributed by atoms with E-state index in [1.54, 1.807) is 24.3 Å². The van der Waals surface area contributed by atoms with Gasteiger partial charge in [-0.3, -0.25) is 0 Å². The largest absolute Gasteiger partial charge is 0.505 e. The number of nitrogens with one attached hydrogen (secondary N) is 1. The Balaban J connectivity index is 1.59. The number of hydrogen-bond acceptors (Lipinski definition) is 6. The quantitative estimate of drug-likeness (QED) is 0.688. The Kier molecular flexibility index (Phi) is 6.34. The van der Waals surface area contributed by atoms with Gasteiger partial charge in [0, 0.05) is 18.6 Å². The number of nitrogens with zero attached hydrogens (tertiary/aromatic N) is 2. The fourth-order valence-electron chi connectivity index (χ4n) is 2.96. The van der Waals surface area contributed by atoms with E-state index in [4.69, 9.17) is 9.47 Å². The molecule has 3 rings (SSSR count). The zero-order valence-electron chi connectivity index (χ0n) is 15.2. The van der Waals surface area contributed by atoms with Crippen LogP contribution in [0.1, 0.15) is 6.42 Å². The highest BCUT2D eigenvalue weighted by Gasteiger charge is 2.38. The molecular weight excluding hydrogens is 415 g/mol. The summed E-state index contributed by atoms with van der Waals surface area (Å²) in [7, 11) is -4.51. The van der Waals surface area contributed by atoms with Crippen LogP contribution in [0.2, 0.25) is 0 Å². The highest BCUT2D eigenvalue weighted by Crippen LogP contribution is 2.22. The van der Waals surface area contributed by atoms with Gasteiger partial charge in [-0.1, -0.05) is 0 Å². The monoisotopic (exact) mass is 435 g/mol.